The number of hydrogen-bond acceptors (Lipinski definition) is 5. The molecule has 0 saturated heterocycles. The second kappa shape index (κ2) is 11.8. The van der Waals surface area contributed by atoms with Gasteiger partial charge in [-0.15, -0.1) is 23.1 Å². The van der Waals surface area contributed by atoms with Crippen molar-refractivity contribution in [3.8, 4) is 5.69 Å². The lowest BCUT2D eigenvalue weighted by atomic mass is 10.0. The van der Waals surface area contributed by atoms with Crippen LogP contribution in [0, 0.1) is 6.92 Å². The molecular formula is C32H28NO3S2+. The molecule has 2 heterocycles. The van der Waals surface area contributed by atoms with Gasteiger partial charge in [0, 0.05) is 23.4 Å². The Morgan fingerprint density at radius 1 is 0.895 bits per heavy atom. The van der Waals surface area contributed by atoms with Crippen molar-refractivity contribution in [1.29, 1.82) is 0 Å². The number of aromatic nitrogens is 1. The molecule has 2 aromatic heterocycles. The molecule has 38 heavy (non-hydrogen) atoms. The van der Waals surface area contributed by atoms with Gasteiger partial charge in [-0.25, -0.2) is 0 Å². The molecule has 6 heteroatoms. The van der Waals surface area contributed by atoms with E-state index in [-0.39, 0.29) is 18.2 Å². The molecule has 5 rings (SSSR count). The van der Waals surface area contributed by atoms with Crippen molar-refractivity contribution in [3.63, 3.8) is 0 Å². The van der Waals surface area contributed by atoms with E-state index in [0.29, 0.717) is 22.6 Å². The summed E-state index contributed by atoms with van der Waals surface area (Å²) in [6.07, 6.45) is 4.01. The summed E-state index contributed by atoms with van der Waals surface area (Å²) >= 11 is 3.15. The van der Waals surface area contributed by atoms with Crippen LogP contribution in [0.15, 0.2) is 102 Å². The van der Waals surface area contributed by atoms with Crippen molar-refractivity contribution in [2.24, 2.45) is 0 Å². The molecule has 0 aliphatic heterocycles. The molecule has 0 N–H and O–H groups in total. The molecule has 0 spiro atoms. The van der Waals surface area contributed by atoms with E-state index in [1.165, 1.54) is 27.7 Å². The lowest BCUT2D eigenvalue weighted by Gasteiger charge is -2.07. The van der Waals surface area contributed by atoms with E-state index in [4.69, 9.17) is 4.74 Å². The van der Waals surface area contributed by atoms with Crippen LogP contribution in [-0.2, 0) is 21.7 Å². The Morgan fingerprint density at radius 2 is 1.61 bits per heavy atom. The molecule has 0 aliphatic rings. The SMILES string of the molecule is CCOC(=O)Cc1c(C(=O)c2ccccc2)sc(SCc2cccc3ccccc23)c1-[n+]1ccc(C)cc1. The van der Waals surface area contributed by atoms with Crippen LogP contribution in [0.2, 0.25) is 0 Å². The maximum Gasteiger partial charge on any atom is 0.310 e. The molecule has 3 aromatic carbocycles. The van der Waals surface area contributed by atoms with Gasteiger partial charge in [-0.05, 0) is 35.7 Å². The number of benzene rings is 3. The van der Waals surface area contributed by atoms with Crippen molar-refractivity contribution >= 4 is 45.6 Å². The Hall–Kier alpha value is -3.74. The molecule has 0 aliphatic carbocycles. The van der Waals surface area contributed by atoms with E-state index in [9.17, 15) is 9.59 Å². The fourth-order valence-corrected chi connectivity index (χ4v) is 7.01. The highest BCUT2D eigenvalue weighted by molar-refractivity contribution is 8.00. The fraction of sp³-hybridized carbons (Fsp3) is 0.156. The van der Waals surface area contributed by atoms with E-state index in [1.807, 2.05) is 72.4 Å². The normalized spacial score (nSPS) is 11.0. The minimum Gasteiger partial charge on any atom is -0.466 e. The van der Waals surface area contributed by atoms with Crippen molar-refractivity contribution in [1.82, 2.24) is 0 Å². The van der Waals surface area contributed by atoms with Crippen molar-refractivity contribution in [2.45, 2.75) is 30.2 Å². The minimum absolute atomic E-state index is 0.0310. The van der Waals surface area contributed by atoms with Crippen LogP contribution in [0.4, 0.5) is 0 Å². The van der Waals surface area contributed by atoms with E-state index < -0.39 is 0 Å². The minimum atomic E-state index is -0.341. The Bertz CT molecular complexity index is 1590. The summed E-state index contributed by atoms with van der Waals surface area (Å²) in [7, 11) is 0. The van der Waals surface area contributed by atoms with Gasteiger partial charge in [0.2, 0.25) is 11.5 Å². The molecule has 0 saturated carbocycles. The van der Waals surface area contributed by atoms with Crippen LogP contribution in [0.25, 0.3) is 16.5 Å². The van der Waals surface area contributed by atoms with Gasteiger partial charge < -0.3 is 4.74 Å². The van der Waals surface area contributed by atoms with Crippen LogP contribution in [-0.4, -0.2) is 18.4 Å². The number of carbonyl (C=O) groups excluding carboxylic acids is 2. The number of thioether (sulfide) groups is 1. The van der Waals surface area contributed by atoms with Crippen LogP contribution in [0.1, 0.15) is 38.8 Å². The maximum atomic E-state index is 13.7. The zero-order valence-corrected chi connectivity index (χ0v) is 23.0. The zero-order chi connectivity index (χ0) is 26.5. The second-order valence-electron chi connectivity index (χ2n) is 8.93. The highest BCUT2D eigenvalue weighted by Crippen LogP contribution is 2.40. The van der Waals surface area contributed by atoms with Gasteiger partial charge in [0.25, 0.3) is 0 Å². The molecule has 0 radical (unpaired) electrons. The smallest absolute Gasteiger partial charge is 0.310 e. The topological polar surface area (TPSA) is 47.3 Å². The van der Waals surface area contributed by atoms with Crippen molar-refractivity contribution in [2.75, 3.05) is 6.61 Å². The number of nitrogens with zero attached hydrogens (tertiary/aromatic N) is 1. The summed E-state index contributed by atoms with van der Waals surface area (Å²) < 4.78 is 8.33. The maximum absolute atomic E-state index is 13.7. The molecule has 0 bridgehead atoms. The third kappa shape index (κ3) is 5.57. The lowest BCUT2D eigenvalue weighted by Crippen LogP contribution is -2.31. The number of fused-ring (bicyclic) bond motifs is 1. The highest BCUT2D eigenvalue weighted by atomic mass is 32.2. The molecule has 4 nitrogen and oxygen atoms in total. The summed E-state index contributed by atoms with van der Waals surface area (Å²) in [4.78, 5) is 27.1. The third-order valence-corrected chi connectivity index (χ3v) is 8.84. The fourth-order valence-electron chi connectivity index (χ4n) is 4.43. The van der Waals surface area contributed by atoms with Crippen molar-refractivity contribution < 1.29 is 18.9 Å². The van der Waals surface area contributed by atoms with Crippen LogP contribution >= 0.6 is 23.1 Å². The molecule has 5 aromatic rings. The number of hydrogen-bond donors (Lipinski definition) is 0. The van der Waals surface area contributed by atoms with Gasteiger partial charge >= 0.3 is 5.97 Å². The van der Waals surface area contributed by atoms with Crippen LogP contribution in [0.3, 0.4) is 0 Å². The molecule has 0 fully saturated rings. The first-order chi connectivity index (χ1) is 18.5. The highest BCUT2D eigenvalue weighted by Gasteiger charge is 2.31. The molecule has 0 atom stereocenters. The van der Waals surface area contributed by atoms with Crippen LogP contribution in [0.5, 0.6) is 0 Å². The number of pyridine rings is 1. The van der Waals surface area contributed by atoms with E-state index >= 15 is 0 Å². The number of ketones is 1. The average molecular weight is 539 g/mol. The van der Waals surface area contributed by atoms with Gasteiger partial charge in [-0.2, -0.15) is 4.57 Å². The van der Waals surface area contributed by atoms with Gasteiger partial charge in [0.05, 0.1) is 23.5 Å². The predicted octanol–water partition coefficient (Wildman–Crippen LogP) is 7.12. The first-order valence-electron chi connectivity index (χ1n) is 12.5. The summed E-state index contributed by atoms with van der Waals surface area (Å²) in [5, 5.41) is 2.42. The Kier molecular flexibility index (Phi) is 8.01. The second-order valence-corrected chi connectivity index (χ2v) is 11.2. The molecule has 0 amide bonds. The van der Waals surface area contributed by atoms with Gasteiger partial charge in [0.1, 0.15) is 4.21 Å². The number of esters is 1. The predicted molar refractivity (Wildman–Crippen MR) is 154 cm³/mol. The third-order valence-electron chi connectivity index (χ3n) is 6.31. The Labute approximate surface area is 230 Å². The summed E-state index contributed by atoms with van der Waals surface area (Å²) in [6.45, 7) is 4.13. The molecular weight excluding hydrogens is 510 g/mol. The molecule has 0 unspecified atom stereocenters. The number of rotatable bonds is 9. The van der Waals surface area contributed by atoms with Gasteiger partial charge in [-0.3, -0.25) is 9.59 Å². The first kappa shape index (κ1) is 25.9. The molecule has 190 valence electrons. The van der Waals surface area contributed by atoms with Crippen LogP contribution < -0.4 is 4.57 Å². The quantitative estimate of drug-likeness (QED) is 0.0868. The van der Waals surface area contributed by atoms with Gasteiger partial charge in [0.15, 0.2) is 12.4 Å². The summed E-state index contributed by atoms with van der Waals surface area (Å²) in [5.74, 6) is 0.312. The standard InChI is InChI=1S/C32H28NO3S2/c1-3-36-28(34)20-27-29(33-18-16-22(2)17-19-33)32(38-31(27)30(35)24-11-5-4-6-12-24)37-21-25-14-9-13-23-10-7-8-15-26(23)25/h4-19H,3,20-21H2,1-2H3/q+1. The Balaban J connectivity index is 1.63. The number of carbonyl (C=O) groups is 2. The zero-order valence-electron chi connectivity index (χ0n) is 21.3. The summed E-state index contributed by atoms with van der Waals surface area (Å²) in [5.41, 5.74) is 4.53. The lowest BCUT2D eigenvalue weighted by molar-refractivity contribution is -0.598. The summed E-state index contributed by atoms with van der Waals surface area (Å²) in [6, 6.07) is 28.0. The van der Waals surface area contributed by atoms with Gasteiger partial charge in [-0.1, -0.05) is 72.8 Å². The number of thiophene rings is 1. The first-order valence-corrected chi connectivity index (χ1v) is 14.3. The monoisotopic (exact) mass is 538 g/mol. The average Bonchev–Trinajstić information content (AvgIpc) is 3.30. The van der Waals surface area contributed by atoms with E-state index in [0.717, 1.165) is 21.2 Å². The largest absolute Gasteiger partial charge is 0.466 e. The number of ether oxygens (including phenoxy) is 1. The van der Waals surface area contributed by atoms with E-state index in [1.54, 1.807) is 18.7 Å². The Morgan fingerprint density at radius 3 is 2.37 bits per heavy atom. The van der Waals surface area contributed by atoms with Crippen molar-refractivity contribution in [3.05, 3.63) is 124 Å². The number of aryl methyl sites for hydroxylation is 1. The van der Waals surface area contributed by atoms with E-state index in [2.05, 4.69) is 36.4 Å².